The fourth-order valence-corrected chi connectivity index (χ4v) is 3.94. The zero-order valence-electron chi connectivity index (χ0n) is 18.0. The summed E-state index contributed by atoms with van der Waals surface area (Å²) < 4.78 is 40.5. The minimum atomic E-state index is -4.29. The summed E-state index contributed by atoms with van der Waals surface area (Å²) in [4.78, 5) is 12.3. The molecule has 0 aliphatic heterocycles. The Morgan fingerprint density at radius 2 is 1.91 bits per heavy atom. The maximum atomic E-state index is 13.0. The van der Waals surface area contributed by atoms with Gasteiger partial charge in [0.2, 0.25) is 0 Å². The van der Waals surface area contributed by atoms with Gasteiger partial charge in [0.1, 0.15) is 5.82 Å². The summed E-state index contributed by atoms with van der Waals surface area (Å²) in [6.45, 7) is 1.86. The van der Waals surface area contributed by atoms with Crippen molar-refractivity contribution in [1.82, 2.24) is 24.6 Å². The molecule has 5 rings (SSSR count). The molecule has 6 nitrogen and oxygen atoms in total. The number of aryl methyl sites for hydroxylation is 1. The number of halogens is 3. The number of aromatic amines is 1. The normalized spacial score (nSPS) is 14.5. The highest BCUT2D eigenvalue weighted by molar-refractivity contribution is 5.76. The molecule has 1 saturated carbocycles. The molecule has 3 heterocycles. The summed E-state index contributed by atoms with van der Waals surface area (Å²) in [7, 11) is 0. The predicted molar refractivity (Wildman–Crippen MR) is 121 cm³/mol. The van der Waals surface area contributed by atoms with E-state index in [1.807, 2.05) is 43.5 Å². The predicted octanol–water partition coefficient (Wildman–Crippen LogP) is 5.77. The number of fused-ring (bicyclic) bond motifs is 1. The van der Waals surface area contributed by atoms with Gasteiger partial charge in [-0.1, -0.05) is 30.3 Å². The number of nitrogens with one attached hydrogen (secondary N) is 1. The first-order valence-electron chi connectivity index (χ1n) is 10.9. The van der Waals surface area contributed by atoms with E-state index in [0.29, 0.717) is 34.3 Å². The van der Waals surface area contributed by atoms with Crippen LogP contribution >= 0.6 is 0 Å². The number of allylic oxidation sites excluding steroid dienone is 1. The SMILES string of the molecule is C/C=C/c1cc(N)c2nc(CCC(F)(F)F)c(-c3ccc(-c4cnc(C5CC5)[nH]4)cc3)n2n1. The van der Waals surface area contributed by atoms with E-state index in [4.69, 9.17) is 5.73 Å². The Balaban J connectivity index is 1.58. The molecule has 0 radical (unpaired) electrons. The first-order chi connectivity index (χ1) is 15.8. The average Bonchev–Trinajstić information content (AvgIpc) is 3.38. The number of nitrogens with zero attached hydrogens (tertiary/aromatic N) is 4. The van der Waals surface area contributed by atoms with Gasteiger partial charge in [-0.05, 0) is 37.5 Å². The Labute approximate surface area is 188 Å². The maximum absolute atomic E-state index is 13.0. The second kappa shape index (κ2) is 8.06. The van der Waals surface area contributed by atoms with Crippen molar-refractivity contribution < 1.29 is 13.2 Å². The van der Waals surface area contributed by atoms with Crippen LogP contribution in [0.2, 0.25) is 0 Å². The third kappa shape index (κ3) is 4.35. The standard InChI is InChI=1S/C24H23F3N6/c1-2-3-17-12-18(28)23-31-19(10-11-24(25,26)27)21(33(23)32-17)15-6-4-14(5-7-15)20-13-29-22(30-20)16-8-9-16/h2-7,12-13,16H,8-11,28H2,1H3,(H,29,30)/b3-2+. The molecule has 0 atom stereocenters. The van der Waals surface area contributed by atoms with Crippen molar-refractivity contribution >= 4 is 17.4 Å². The molecule has 0 saturated heterocycles. The van der Waals surface area contributed by atoms with Crippen LogP contribution in [0.1, 0.15) is 49.3 Å². The molecule has 1 aliphatic carbocycles. The fraction of sp³-hybridized carbons (Fsp3) is 0.292. The van der Waals surface area contributed by atoms with Gasteiger partial charge in [0.05, 0.1) is 34.7 Å². The number of hydrogen-bond acceptors (Lipinski definition) is 4. The van der Waals surface area contributed by atoms with Gasteiger partial charge in [-0.2, -0.15) is 18.3 Å². The van der Waals surface area contributed by atoms with Crippen molar-refractivity contribution in [2.75, 3.05) is 5.73 Å². The Morgan fingerprint density at radius 3 is 2.58 bits per heavy atom. The number of hydrogen-bond donors (Lipinski definition) is 2. The van der Waals surface area contributed by atoms with Gasteiger partial charge >= 0.3 is 6.18 Å². The lowest BCUT2D eigenvalue weighted by atomic mass is 10.0. The van der Waals surface area contributed by atoms with Gasteiger partial charge in [-0.3, -0.25) is 0 Å². The highest BCUT2D eigenvalue weighted by Crippen LogP contribution is 2.39. The number of anilines is 1. The quantitative estimate of drug-likeness (QED) is 0.389. The Kier molecular flexibility index (Phi) is 5.19. The first-order valence-corrected chi connectivity index (χ1v) is 10.9. The zero-order chi connectivity index (χ0) is 23.2. The van der Waals surface area contributed by atoms with E-state index in [-0.39, 0.29) is 6.42 Å². The van der Waals surface area contributed by atoms with E-state index in [1.54, 1.807) is 16.7 Å². The monoisotopic (exact) mass is 452 g/mol. The lowest BCUT2D eigenvalue weighted by molar-refractivity contribution is -0.134. The molecule has 1 fully saturated rings. The topological polar surface area (TPSA) is 84.9 Å². The Hall–Kier alpha value is -3.62. The van der Waals surface area contributed by atoms with Crippen molar-refractivity contribution in [1.29, 1.82) is 0 Å². The van der Waals surface area contributed by atoms with Crippen LogP contribution in [0.3, 0.4) is 0 Å². The van der Waals surface area contributed by atoms with E-state index < -0.39 is 12.6 Å². The number of nitrogens with two attached hydrogens (primary N) is 1. The summed E-state index contributed by atoms with van der Waals surface area (Å²) in [6.07, 6.45) is 2.23. The van der Waals surface area contributed by atoms with E-state index >= 15 is 0 Å². The molecule has 33 heavy (non-hydrogen) atoms. The minimum absolute atomic E-state index is 0.256. The minimum Gasteiger partial charge on any atom is -0.396 e. The molecule has 0 bridgehead atoms. The Bertz CT molecular complexity index is 1330. The van der Waals surface area contributed by atoms with E-state index in [9.17, 15) is 13.2 Å². The van der Waals surface area contributed by atoms with Crippen LogP contribution in [0.15, 0.2) is 42.6 Å². The maximum Gasteiger partial charge on any atom is 0.389 e. The lowest BCUT2D eigenvalue weighted by Crippen LogP contribution is -2.09. The largest absolute Gasteiger partial charge is 0.396 e. The van der Waals surface area contributed by atoms with Gasteiger partial charge in [0.25, 0.3) is 0 Å². The van der Waals surface area contributed by atoms with Crippen LogP contribution in [-0.4, -0.2) is 30.7 Å². The van der Waals surface area contributed by atoms with Crippen molar-refractivity contribution in [2.45, 2.75) is 44.7 Å². The van der Waals surface area contributed by atoms with Crippen LogP contribution in [0.5, 0.6) is 0 Å². The number of aromatic nitrogens is 5. The molecule has 3 aromatic heterocycles. The van der Waals surface area contributed by atoms with Gasteiger partial charge in [-0.25, -0.2) is 14.5 Å². The molecule has 1 aliphatic rings. The summed E-state index contributed by atoms with van der Waals surface area (Å²) >= 11 is 0. The zero-order valence-corrected chi connectivity index (χ0v) is 18.0. The number of imidazole rings is 2. The van der Waals surface area contributed by atoms with Gasteiger partial charge in [0, 0.05) is 24.3 Å². The molecule has 4 aromatic rings. The van der Waals surface area contributed by atoms with E-state index in [0.717, 1.165) is 35.5 Å². The molecular weight excluding hydrogens is 429 g/mol. The lowest BCUT2D eigenvalue weighted by Gasteiger charge is -2.08. The average molecular weight is 452 g/mol. The molecular formula is C24H23F3N6. The van der Waals surface area contributed by atoms with Gasteiger partial charge in [-0.15, -0.1) is 0 Å². The van der Waals surface area contributed by atoms with Crippen molar-refractivity contribution in [3.63, 3.8) is 0 Å². The van der Waals surface area contributed by atoms with Crippen LogP contribution in [-0.2, 0) is 6.42 Å². The summed E-state index contributed by atoms with van der Waals surface area (Å²) in [5, 5.41) is 4.57. The smallest absolute Gasteiger partial charge is 0.389 e. The number of rotatable bonds is 6. The molecule has 0 unspecified atom stereocenters. The summed E-state index contributed by atoms with van der Waals surface area (Å²) in [5.41, 5.74) is 10.9. The Morgan fingerprint density at radius 1 is 1.18 bits per heavy atom. The van der Waals surface area contributed by atoms with Crippen LogP contribution < -0.4 is 5.73 Å². The van der Waals surface area contributed by atoms with Crippen molar-refractivity contribution in [2.24, 2.45) is 0 Å². The summed E-state index contributed by atoms with van der Waals surface area (Å²) in [5.74, 6) is 1.52. The molecule has 0 spiro atoms. The second-order valence-corrected chi connectivity index (χ2v) is 8.32. The van der Waals surface area contributed by atoms with Crippen LogP contribution in [0.4, 0.5) is 18.9 Å². The highest BCUT2D eigenvalue weighted by Gasteiger charge is 2.29. The molecule has 0 amide bonds. The number of benzene rings is 1. The molecule has 9 heteroatoms. The third-order valence-electron chi connectivity index (χ3n) is 5.72. The number of alkyl halides is 3. The number of H-pyrrole nitrogens is 1. The molecule has 3 N–H and O–H groups in total. The number of nitrogen functional groups attached to an aromatic ring is 1. The molecule has 1 aromatic carbocycles. The van der Waals surface area contributed by atoms with Crippen molar-refractivity contribution in [3.05, 3.63) is 59.8 Å². The summed E-state index contributed by atoms with van der Waals surface area (Å²) in [6, 6.07) is 9.25. The highest BCUT2D eigenvalue weighted by atomic mass is 19.4. The van der Waals surface area contributed by atoms with E-state index in [1.165, 1.54) is 0 Å². The van der Waals surface area contributed by atoms with Crippen molar-refractivity contribution in [3.8, 4) is 22.5 Å². The third-order valence-corrected chi connectivity index (χ3v) is 5.72. The molecule has 170 valence electrons. The first kappa shape index (κ1) is 21.2. The fourth-order valence-electron chi connectivity index (χ4n) is 3.94. The van der Waals surface area contributed by atoms with E-state index in [2.05, 4.69) is 20.1 Å². The van der Waals surface area contributed by atoms with Gasteiger partial charge in [0.15, 0.2) is 5.65 Å². The second-order valence-electron chi connectivity index (χ2n) is 8.32. The van der Waals surface area contributed by atoms with Crippen LogP contribution in [0.25, 0.3) is 34.2 Å². The van der Waals surface area contributed by atoms with Crippen LogP contribution in [0, 0.1) is 0 Å². The van der Waals surface area contributed by atoms with Gasteiger partial charge < -0.3 is 10.7 Å².